The van der Waals surface area contributed by atoms with E-state index in [9.17, 15) is 9.90 Å². The molecule has 1 heterocycles. The Morgan fingerprint density at radius 2 is 1.83 bits per heavy atom. The first-order valence-electron chi connectivity index (χ1n) is 14.2. The van der Waals surface area contributed by atoms with Crippen molar-refractivity contribution in [1.82, 2.24) is 15.0 Å². The van der Waals surface area contributed by atoms with Crippen molar-refractivity contribution in [3.63, 3.8) is 0 Å². The number of carbonyl (C=O) groups is 1. The molecule has 2 aromatic rings. The molecule has 0 saturated heterocycles. The van der Waals surface area contributed by atoms with Gasteiger partial charge in [0.15, 0.2) is 5.78 Å². The lowest BCUT2D eigenvalue weighted by Crippen LogP contribution is -2.55. The van der Waals surface area contributed by atoms with Gasteiger partial charge in [0, 0.05) is 12.0 Å². The highest BCUT2D eigenvalue weighted by Crippen LogP contribution is 2.69. The molecule has 36 heavy (non-hydrogen) atoms. The minimum absolute atomic E-state index is 0.0663. The Bertz CT molecular complexity index is 1170. The molecule has 1 aromatic carbocycles. The fraction of sp³-hybridized carbons (Fsp3) is 0.767. The number of Topliss-reactive ketones (excluding diaryl/α,β-unsaturated/α-hetero) is 1. The lowest BCUT2D eigenvalue weighted by molar-refractivity contribution is -0.151. The first kappa shape index (κ1) is 24.4. The van der Waals surface area contributed by atoms with E-state index >= 15 is 0 Å². The van der Waals surface area contributed by atoms with Crippen LogP contribution in [0, 0.1) is 46.3 Å². The Hall–Kier alpha value is -1.95. The molecule has 4 aliphatic carbocycles. The number of hydrogen-bond acceptors (Lipinski definition) is 5. The van der Waals surface area contributed by atoms with Crippen molar-refractivity contribution in [3.8, 4) is 5.75 Å². The Kier molecular flexibility index (Phi) is 5.61. The molecule has 196 valence electrons. The summed E-state index contributed by atoms with van der Waals surface area (Å²) in [5.41, 5.74) is 1.48. The predicted molar refractivity (Wildman–Crippen MR) is 139 cm³/mol. The van der Waals surface area contributed by atoms with Gasteiger partial charge >= 0.3 is 0 Å². The summed E-state index contributed by atoms with van der Waals surface area (Å²) >= 11 is 0. The minimum atomic E-state index is -0.490. The number of carbonyl (C=O) groups excluding carboxylic acids is 1. The predicted octanol–water partition coefficient (Wildman–Crippen LogP) is 5.66. The zero-order valence-corrected chi connectivity index (χ0v) is 22.7. The lowest BCUT2D eigenvalue weighted by atomic mass is 9.44. The average molecular weight is 494 g/mol. The Labute approximate surface area is 215 Å². The van der Waals surface area contributed by atoms with Gasteiger partial charge < -0.3 is 9.84 Å². The highest BCUT2D eigenvalue weighted by molar-refractivity contribution is 5.83. The van der Waals surface area contributed by atoms with Crippen LogP contribution in [0.15, 0.2) is 18.2 Å². The van der Waals surface area contributed by atoms with Gasteiger partial charge in [0.05, 0.1) is 12.7 Å². The van der Waals surface area contributed by atoms with Crippen LogP contribution in [0.25, 0.3) is 11.0 Å². The van der Waals surface area contributed by atoms with Crippen molar-refractivity contribution >= 4 is 16.8 Å². The van der Waals surface area contributed by atoms with Gasteiger partial charge in [0.1, 0.15) is 23.3 Å². The third kappa shape index (κ3) is 3.65. The number of ether oxygens (including phenoxy) is 1. The first-order valence-corrected chi connectivity index (χ1v) is 14.2. The maximum Gasteiger partial charge on any atom is 0.160 e. The van der Waals surface area contributed by atoms with Crippen molar-refractivity contribution in [2.24, 2.45) is 46.3 Å². The van der Waals surface area contributed by atoms with Crippen LogP contribution in [-0.4, -0.2) is 38.6 Å². The second-order valence-electron chi connectivity index (χ2n) is 13.6. The van der Waals surface area contributed by atoms with E-state index < -0.39 is 5.60 Å². The normalized spacial score (nSPS) is 44.1. The Morgan fingerprint density at radius 1 is 1.06 bits per heavy atom. The number of ketones is 1. The molecule has 1 unspecified atom stereocenters. The van der Waals surface area contributed by atoms with Crippen LogP contribution in [0.3, 0.4) is 0 Å². The zero-order chi connectivity index (χ0) is 25.5. The SMILES string of the molecule is COc1ccc2nn(CC(=O)C3[C@H](C)C[C@H]4[C@@H]5CC[C@H]6C[C@](C)(O)CC[C@]6(C)[C@H]5CC[C@]34C)nc2c1. The number of nitrogens with zero attached hydrogens (tertiary/aromatic N) is 3. The summed E-state index contributed by atoms with van der Waals surface area (Å²) in [7, 11) is 1.65. The molecule has 0 amide bonds. The zero-order valence-electron chi connectivity index (χ0n) is 22.7. The summed E-state index contributed by atoms with van der Waals surface area (Å²) in [5.74, 6) is 4.23. The van der Waals surface area contributed by atoms with Gasteiger partial charge in [-0.3, -0.25) is 4.79 Å². The number of aromatic nitrogens is 3. The summed E-state index contributed by atoms with van der Waals surface area (Å²) in [6.45, 7) is 9.56. The fourth-order valence-electron chi connectivity index (χ4n) is 9.86. The van der Waals surface area contributed by atoms with Gasteiger partial charge in [-0.25, -0.2) is 0 Å². The van der Waals surface area contributed by atoms with Crippen LogP contribution in [-0.2, 0) is 11.3 Å². The van der Waals surface area contributed by atoms with E-state index in [4.69, 9.17) is 4.74 Å². The summed E-state index contributed by atoms with van der Waals surface area (Å²) in [4.78, 5) is 15.5. The number of fused-ring (bicyclic) bond motifs is 6. The van der Waals surface area contributed by atoms with Crippen LogP contribution >= 0.6 is 0 Å². The highest BCUT2D eigenvalue weighted by atomic mass is 16.5. The number of methoxy groups -OCH3 is 1. The van der Waals surface area contributed by atoms with Gasteiger partial charge in [0.2, 0.25) is 0 Å². The van der Waals surface area contributed by atoms with Gasteiger partial charge in [-0.05, 0) is 111 Å². The molecule has 9 atom stereocenters. The van der Waals surface area contributed by atoms with E-state index in [0.29, 0.717) is 34.9 Å². The fourth-order valence-corrected chi connectivity index (χ4v) is 9.86. The molecule has 6 heteroatoms. The second kappa shape index (κ2) is 8.28. The molecule has 4 aliphatic rings. The van der Waals surface area contributed by atoms with Crippen molar-refractivity contribution in [3.05, 3.63) is 18.2 Å². The van der Waals surface area contributed by atoms with Crippen molar-refractivity contribution in [2.45, 2.75) is 91.2 Å². The summed E-state index contributed by atoms with van der Waals surface area (Å²) in [6.07, 6.45) is 9.08. The molecular formula is C30H43N3O3. The lowest BCUT2D eigenvalue weighted by Gasteiger charge is -2.61. The molecule has 4 saturated carbocycles. The van der Waals surface area contributed by atoms with Crippen LogP contribution in [0.4, 0.5) is 0 Å². The molecule has 0 aliphatic heterocycles. The molecule has 6 nitrogen and oxygen atoms in total. The quantitative estimate of drug-likeness (QED) is 0.594. The average Bonchev–Trinajstić information content (AvgIpc) is 3.34. The number of benzene rings is 1. The van der Waals surface area contributed by atoms with Gasteiger partial charge in [-0.1, -0.05) is 20.8 Å². The molecule has 0 bridgehead atoms. The number of hydrogen-bond donors (Lipinski definition) is 1. The van der Waals surface area contributed by atoms with E-state index in [0.717, 1.165) is 54.8 Å². The van der Waals surface area contributed by atoms with Crippen molar-refractivity contribution in [2.75, 3.05) is 7.11 Å². The number of rotatable bonds is 4. The largest absolute Gasteiger partial charge is 0.497 e. The monoisotopic (exact) mass is 493 g/mol. The minimum Gasteiger partial charge on any atom is -0.497 e. The Balaban J connectivity index is 1.22. The Morgan fingerprint density at radius 3 is 2.61 bits per heavy atom. The van der Waals surface area contributed by atoms with E-state index in [-0.39, 0.29) is 17.9 Å². The summed E-state index contributed by atoms with van der Waals surface area (Å²) < 4.78 is 5.32. The maximum atomic E-state index is 13.9. The highest BCUT2D eigenvalue weighted by Gasteiger charge is 2.63. The van der Waals surface area contributed by atoms with Crippen LogP contribution in [0.5, 0.6) is 5.75 Å². The topological polar surface area (TPSA) is 77.2 Å². The molecule has 4 fully saturated rings. The third-order valence-electron chi connectivity index (χ3n) is 11.6. The van der Waals surface area contributed by atoms with Crippen LogP contribution in [0.1, 0.15) is 79.1 Å². The summed E-state index contributed by atoms with van der Waals surface area (Å²) in [6, 6.07) is 5.66. The molecule has 1 aromatic heterocycles. The van der Waals surface area contributed by atoms with Crippen molar-refractivity contribution in [1.29, 1.82) is 0 Å². The van der Waals surface area contributed by atoms with E-state index in [2.05, 4.69) is 31.0 Å². The van der Waals surface area contributed by atoms with E-state index in [1.54, 1.807) is 11.9 Å². The standard InChI is InChI=1S/C30H43N3O3/c1-18-14-23-21-8-6-19-16-28(2,35)12-13-29(19,3)22(21)10-11-30(23,4)27(18)26(34)17-33-31-24-9-7-20(36-5)15-25(24)32-33/h7,9,15,18-19,21-23,27,35H,6,8,10-14,16-17H2,1-5H3/t18-,19+,21-,22+,23+,27?,28-,29+,30+/m1/s1. The molecule has 0 radical (unpaired) electrons. The molecular weight excluding hydrogens is 450 g/mol. The number of aliphatic hydroxyl groups is 1. The third-order valence-corrected chi connectivity index (χ3v) is 11.6. The maximum absolute atomic E-state index is 13.9. The van der Waals surface area contributed by atoms with Crippen LogP contribution < -0.4 is 4.74 Å². The van der Waals surface area contributed by atoms with Gasteiger partial charge in [-0.2, -0.15) is 15.0 Å². The van der Waals surface area contributed by atoms with Crippen LogP contribution in [0.2, 0.25) is 0 Å². The van der Waals surface area contributed by atoms with Gasteiger partial charge in [-0.15, -0.1) is 0 Å². The smallest absolute Gasteiger partial charge is 0.160 e. The van der Waals surface area contributed by atoms with Gasteiger partial charge in [0.25, 0.3) is 0 Å². The molecule has 6 rings (SSSR count). The van der Waals surface area contributed by atoms with E-state index in [1.807, 2.05) is 25.1 Å². The van der Waals surface area contributed by atoms with E-state index in [1.165, 1.54) is 19.3 Å². The molecule has 0 spiro atoms. The second-order valence-corrected chi connectivity index (χ2v) is 13.6. The molecule has 1 N–H and O–H groups in total. The first-order chi connectivity index (χ1) is 17.0. The summed E-state index contributed by atoms with van der Waals surface area (Å²) in [5, 5.41) is 20.0. The van der Waals surface area contributed by atoms with Crippen molar-refractivity contribution < 1.29 is 14.6 Å².